The number of benzene rings is 1. The van der Waals surface area contributed by atoms with Crippen LogP contribution < -0.4 is 0 Å². The number of carbonyl (C=O) groups is 1. The zero-order chi connectivity index (χ0) is 15.6. The van der Waals surface area contributed by atoms with E-state index in [4.69, 9.17) is 4.74 Å². The van der Waals surface area contributed by atoms with Crippen LogP contribution in [-0.4, -0.2) is 47.0 Å². The maximum atomic E-state index is 12.4. The van der Waals surface area contributed by atoms with Gasteiger partial charge >= 0.3 is 0 Å². The molecule has 1 aliphatic heterocycles. The number of nitrogens with zero attached hydrogens (tertiary/aromatic N) is 3. The molecule has 1 saturated heterocycles. The Kier molecular flexibility index (Phi) is 4.13. The van der Waals surface area contributed by atoms with Gasteiger partial charge in [0.2, 0.25) is 0 Å². The van der Waals surface area contributed by atoms with Crippen molar-refractivity contribution in [1.82, 2.24) is 4.90 Å². The fourth-order valence-corrected chi connectivity index (χ4v) is 2.14. The van der Waals surface area contributed by atoms with E-state index in [1.54, 1.807) is 0 Å². The van der Waals surface area contributed by atoms with Crippen LogP contribution >= 0.6 is 0 Å². The topological polar surface area (TPSA) is 116 Å². The van der Waals surface area contributed by atoms with E-state index in [0.29, 0.717) is 26.3 Å². The number of hydrogen-bond donors (Lipinski definition) is 0. The number of morpholine rings is 1. The molecule has 0 atom stereocenters. The quantitative estimate of drug-likeness (QED) is 0.612. The molecule has 0 spiro atoms. The number of nitro benzene ring substituents is 2. The predicted octanol–water partition coefficient (Wildman–Crippen LogP) is 1.28. The van der Waals surface area contributed by atoms with Crippen molar-refractivity contribution in [2.45, 2.75) is 6.92 Å². The second-order valence-electron chi connectivity index (χ2n) is 4.56. The van der Waals surface area contributed by atoms with Crippen molar-refractivity contribution in [3.8, 4) is 0 Å². The molecule has 0 aromatic heterocycles. The third-order valence-electron chi connectivity index (χ3n) is 3.30. The highest BCUT2D eigenvalue weighted by Gasteiger charge is 2.27. The second kappa shape index (κ2) is 5.83. The second-order valence-corrected chi connectivity index (χ2v) is 4.56. The van der Waals surface area contributed by atoms with Crippen molar-refractivity contribution in [3.63, 3.8) is 0 Å². The van der Waals surface area contributed by atoms with Crippen LogP contribution in [0.15, 0.2) is 12.1 Å². The minimum absolute atomic E-state index is 0.0159. The van der Waals surface area contributed by atoms with Crippen LogP contribution in [0.4, 0.5) is 11.4 Å². The molecule has 0 radical (unpaired) electrons. The number of carbonyl (C=O) groups excluding carboxylic acids is 1. The molecule has 1 fully saturated rings. The van der Waals surface area contributed by atoms with E-state index in [1.807, 2.05) is 0 Å². The van der Waals surface area contributed by atoms with Gasteiger partial charge < -0.3 is 9.64 Å². The monoisotopic (exact) mass is 295 g/mol. The first-order valence-corrected chi connectivity index (χ1v) is 6.22. The van der Waals surface area contributed by atoms with Crippen molar-refractivity contribution in [1.29, 1.82) is 0 Å². The van der Waals surface area contributed by atoms with Crippen molar-refractivity contribution in [2.24, 2.45) is 0 Å². The Morgan fingerprint density at radius 2 is 1.81 bits per heavy atom. The van der Waals surface area contributed by atoms with E-state index in [9.17, 15) is 25.0 Å². The molecule has 9 heteroatoms. The van der Waals surface area contributed by atoms with Crippen LogP contribution in [0.2, 0.25) is 0 Å². The Morgan fingerprint density at radius 3 is 2.33 bits per heavy atom. The Morgan fingerprint density at radius 1 is 1.19 bits per heavy atom. The van der Waals surface area contributed by atoms with E-state index in [2.05, 4.69) is 0 Å². The zero-order valence-corrected chi connectivity index (χ0v) is 11.3. The molecular weight excluding hydrogens is 282 g/mol. The van der Waals surface area contributed by atoms with Gasteiger partial charge in [0.25, 0.3) is 17.3 Å². The van der Waals surface area contributed by atoms with Crippen LogP contribution in [-0.2, 0) is 4.74 Å². The van der Waals surface area contributed by atoms with Crippen LogP contribution in [0.3, 0.4) is 0 Å². The molecule has 1 amide bonds. The van der Waals surface area contributed by atoms with E-state index >= 15 is 0 Å². The molecule has 21 heavy (non-hydrogen) atoms. The minimum Gasteiger partial charge on any atom is -0.378 e. The number of amides is 1. The summed E-state index contributed by atoms with van der Waals surface area (Å²) in [5.74, 6) is -0.456. The third kappa shape index (κ3) is 2.97. The summed E-state index contributed by atoms with van der Waals surface area (Å²) in [7, 11) is 0. The predicted molar refractivity (Wildman–Crippen MR) is 71.2 cm³/mol. The molecule has 1 aromatic rings. The van der Waals surface area contributed by atoms with Gasteiger partial charge in [0.05, 0.1) is 34.7 Å². The fraction of sp³-hybridized carbons (Fsp3) is 0.417. The van der Waals surface area contributed by atoms with Crippen LogP contribution in [0.25, 0.3) is 0 Å². The van der Waals surface area contributed by atoms with Gasteiger partial charge in [-0.2, -0.15) is 0 Å². The Balaban J connectivity index is 2.48. The molecule has 0 bridgehead atoms. The lowest BCUT2D eigenvalue weighted by Crippen LogP contribution is -2.41. The van der Waals surface area contributed by atoms with Crippen LogP contribution in [0, 0.1) is 27.2 Å². The van der Waals surface area contributed by atoms with Crippen molar-refractivity contribution < 1.29 is 19.4 Å². The lowest BCUT2D eigenvalue weighted by atomic mass is 10.0. The summed E-state index contributed by atoms with van der Waals surface area (Å²) >= 11 is 0. The molecule has 1 aromatic carbocycles. The number of ether oxygens (including phenoxy) is 1. The van der Waals surface area contributed by atoms with Crippen LogP contribution in [0.5, 0.6) is 0 Å². The molecular formula is C12H13N3O6. The van der Waals surface area contributed by atoms with Gasteiger partial charge in [-0.25, -0.2) is 0 Å². The largest absolute Gasteiger partial charge is 0.378 e. The van der Waals surface area contributed by atoms with Crippen molar-refractivity contribution in [3.05, 3.63) is 43.5 Å². The third-order valence-corrected chi connectivity index (χ3v) is 3.30. The van der Waals surface area contributed by atoms with Crippen molar-refractivity contribution in [2.75, 3.05) is 26.3 Å². The lowest BCUT2D eigenvalue weighted by molar-refractivity contribution is -0.394. The van der Waals surface area contributed by atoms with Crippen LogP contribution in [0.1, 0.15) is 15.9 Å². The van der Waals surface area contributed by atoms with E-state index in [0.717, 1.165) is 12.1 Å². The average molecular weight is 295 g/mol. The molecule has 9 nitrogen and oxygen atoms in total. The highest BCUT2D eigenvalue weighted by molar-refractivity contribution is 5.97. The van der Waals surface area contributed by atoms with E-state index in [1.165, 1.54) is 11.8 Å². The lowest BCUT2D eigenvalue weighted by Gasteiger charge is -2.27. The Bertz CT molecular complexity index is 609. The first-order valence-electron chi connectivity index (χ1n) is 6.22. The van der Waals surface area contributed by atoms with Gasteiger partial charge in [0, 0.05) is 24.7 Å². The smallest absolute Gasteiger partial charge is 0.279 e. The summed E-state index contributed by atoms with van der Waals surface area (Å²) in [5.41, 5.74) is -0.787. The fourth-order valence-electron chi connectivity index (χ4n) is 2.14. The molecule has 112 valence electrons. The summed E-state index contributed by atoms with van der Waals surface area (Å²) in [6.07, 6.45) is 0. The summed E-state index contributed by atoms with van der Waals surface area (Å²) in [6, 6.07) is 1.95. The molecule has 0 saturated carbocycles. The SMILES string of the molecule is Cc1c(C(=O)N2CCOCC2)cc([N+](=O)[O-])cc1[N+](=O)[O-]. The molecule has 1 aliphatic rings. The van der Waals surface area contributed by atoms with Crippen molar-refractivity contribution >= 4 is 17.3 Å². The molecule has 0 aliphatic carbocycles. The standard InChI is InChI=1S/C12H13N3O6/c1-8-10(12(16)13-2-4-21-5-3-13)6-9(14(17)18)7-11(8)15(19)20/h6-7H,2-5H2,1H3. The normalized spacial score (nSPS) is 14.8. The molecule has 0 N–H and O–H groups in total. The molecule has 1 heterocycles. The number of nitro groups is 2. The van der Waals surface area contributed by atoms with Gasteiger partial charge in [-0.1, -0.05) is 0 Å². The van der Waals surface area contributed by atoms with Gasteiger partial charge in [-0.15, -0.1) is 0 Å². The summed E-state index contributed by atoms with van der Waals surface area (Å²) in [5, 5.41) is 21.9. The number of hydrogen-bond acceptors (Lipinski definition) is 6. The highest BCUT2D eigenvalue weighted by Crippen LogP contribution is 2.29. The summed E-state index contributed by atoms with van der Waals surface area (Å²) < 4.78 is 5.13. The van der Waals surface area contributed by atoms with Gasteiger partial charge in [-0.05, 0) is 6.92 Å². The first-order chi connectivity index (χ1) is 9.91. The number of rotatable bonds is 3. The maximum absolute atomic E-state index is 12.4. The average Bonchev–Trinajstić information content (AvgIpc) is 2.47. The highest BCUT2D eigenvalue weighted by atomic mass is 16.6. The molecule has 2 rings (SSSR count). The summed E-state index contributed by atoms with van der Waals surface area (Å²) in [6.45, 7) is 2.88. The van der Waals surface area contributed by atoms with Gasteiger partial charge in [0.1, 0.15) is 0 Å². The minimum atomic E-state index is -0.747. The Hall–Kier alpha value is -2.55. The Labute approximate surface area is 119 Å². The molecule has 0 unspecified atom stereocenters. The van der Waals surface area contributed by atoms with Gasteiger partial charge in [0.15, 0.2) is 0 Å². The van der Waals surface area contributed by atoms with E-state index in [-0.39, 0.29) is 11.1 Å². The summed E-state index contributed by atoms with van der Waals surface area (Å²) in [4.78, 5) is 34.3. The van der Waals surface area contributed by atoms with Gasteiger partial charge in [-0.3, -0.25) is 25.0 Å². The maximum Gasteiger partial charge on any atom is 0.279 e. The van der Waals surface area contributed by atoms with E-state index < -0.39 is 27.1 Å². The number of non-ortho nitro benzene ring substituents is 1. The first kappa shape index (κ1) is 14.9. The zero-order valence-electron chi connectivity index (χ0n) is 11.3.